The maximum atomic E-state index is 9.70. The SMILES string of the molecule is Oc1ccccc1CNC1CCOC1C1CC1. The van der Waals surface area contributed by atoms with Crippen LogP contribution in [-0.4, -0.2) is 23.9 Å². The Bertz CT molecular complexity index is 390. The van der Waals surface area contributed by atoms with Crippen LogP contribution in [0.25, 0.3) is 0 Å². The highest BCUT2D eigenvalue weighted by Crippen LogP contribution is 2.38. The first-order valence-corrected chi connectivity index (χ1v) is 6.46. The molecule has 0 bridgehead atoms. The van der Waals surface area contributed by atoms with E-state index in [2.05, 4.69) is 5.32 Å². The van der Waals surface area contributed by atoms with Gasteiger partial charge in [0.1, 0.15) is 5.75 Å². The van der Waals surface area contributed by atoms with Gasteiger partial charge in [0.05, 0.1) is 6.10 Å². The minimum absolute atomic E-state index is 0.377. The molecule has 3 nitrogen and oxygen atoms in total. The second kappa shape index (κ2) is 4.67. The monoisotopic (exact) mass is 233 g/mol. The number of para-hydroxylation sites is 1. The summed E-state index contributed by atoms with van der Waals surface area (Å²) in [6.07, 6.45) is 4.13. The van der Waals surface area contributed by atoms with Crippen molar-refractivity contribution in [1.82, 2.24) is 5.32 Å². The van der Waals surface area contributed by atoms with Gasteiger partial charge in [-0.2, -0.15) is 0 Å². The van der Waals surface area contributed by atoms with Crippen LogP contribution in [0.2, 0.25) is 0 Å². The van der Waals surface area contributed by atoms with Gasteiger partial charge in [0.25, 0.3) is 0 Å². The van der Waals surface area contributed by atoms with Gasteiger partial charge in [-0.25, -0.2) is 0 Å². The molecule has 1 heterocycles. The Morgan fingerprint density at radius 2 is 2.06 bits per heavy atom. The normalized spacial score (nSPS) is 28.5. The summed E-state index contributed by atoms with van der Waals surface area (Å²) in [5, 5.41) is 13.2. The van der Waals surface area contributed by atoms with Gasteiger partial charge < -0.3 is 15.2 Å². The van der Waals surface area contributed by atoms with Gasteiger partial charge in [-0.3, -0.25) is 0 Å². The van der Waals surface area contributed by atoms with Gasteiger partial charge in [-0.15, -0.1) is 0 Å². The van der Waals surface area contributed by atoms with E-state index in [-0.39, 0.29) is 0 Å². The zero-order chi connectivity index (χ0) is 11.7. The average Bonchev–Trinajstić information content (AvgIpc) is 3.08. The summed E-state index contributed by atoms with van der Waals surface area (Å²) in [5.41, 5.74) is 0.967. The number of hydrogen-bond donors (Lipinski definition) is 2. The molecule has 1 aliphatic carbocycles. The molecular weight excluding hydrogens is 214 g/mol. The topological polar surface area (TPSA) is 41.5 Å². The van der Waals surface area contributed by atoms with E-state index in [1.54, 1.807) is 6.07 Å². The molecule has 1 saturated carbocycles. The smallest absolute Gasteiger partial charge is 0.120 e. The Morgan fingerprint density at radius 3 is 2.82 bits per heavy atom. The van der Waals surface area contributed by atoms with Crippen LogP contribution >= 0.6 is 0 Å². The molecule has 2 aliphatic rings. The van der Waals surface area contributed by atoms with Crippen molar-refractivity contribution >= 4 is 0 Å². The van der Waals surface area contributed by atoms with Crippen LogP contribution in [0.3, 0.4) is 0 Å². The molecular formula is C14H19NO2. The third-order valence-electron chi connectivity index (χ3n) is 3.77. The maximum Gasteiger partial charge on any atom is 0.120 e. The van der Waals surface area contributed by atoms with Crippen molar-refractivity contribution < 1.29 is 9.84 Å². The summed E-state index contributed by atoms with van der Waals surface area (Å²) < 4.78 is 5.78. The Balaban J connectivity index is 1.58. The Morgan fingerprint density at radius 1 is 1.24 bits per heavy atom. The second-order valence-corrected chi connectivity index (χ2v) is 5.08. The summed E-state index contributed by atoms with van der Waals surface area (Å²) in [6.45, 7) is 1.60. The number of nitrogens with one attached hydrogen (secondary N) is 1. The first-order valence-electron chi connectivity index (χ1n) is 6.46. The molecule has 92 valence electrons. The minimum Gasteiger partial charge on any atom is -0.508 e. The highest BCUT2D eigenvalue weighted by molar-refractivity contribution is 5.31. The lowest BCUT2D eigenvalue weighted by molar-refractivity contribution is 0.0808. The molecule has 2 N–H and O–H groups in total. The maximum absolute atomic E-state index is 9.70. The molecule has 0 radical (unpaired) electrons. The van der Waals surface area contributed by atoms with Gasteiger partial charge >= 0.3 is 0 Å². The van der Waals surface area contributed by atoms with Gasteiger partial charge in [0.15, 0.2) is 0 Å². The van der Waals surface area contributed by atoms with Crippen LogP contribution in [0.4, 0.5) is 0 Å². The van der Waals surface area contributed by atoms with Crippen molar-refractivity contribution in [2.24, 2.45) is 5.92 Å². The Hall–Kier alpha value is -1.06. The first-order chi connectivity index (χ1) is 8.34. The van der Waals surface area contributed by atoms with E-state index in [0.29, 0.717) is 17.9 Å². The summed E-state index contributed by atoms with van der Waals surface area (Å²) >= 11 is 0. The van der Waals surface area contributed by atoms with E-state index < -0.39 is 0 Å². The van der Waals surface area contributed by atoms with Crippen molar-refractivity contribution in [3.05, 3.63) is 29.8 Å². The van der Waals surface area contributed by atoms with Gasteiger partial charge in [-0.1, -0.05) is 18.2 Å². The van der Waals surface area contributed by atoms with Crippen LogP contribution in [0.1, 0.15) is 24.8 Å². The van der Waals surface area contributed by atoms with E-state index in [4.69, 9.17) is 4.74 Å². The van der Waals surface area contributed by atoms with Crippen molar-refractivity contribution in [2.75, 3.05) is 6.61 Å². The number of benzene rings is 1. The van der Waals surface area contributed by atoms with Crippen LogP contribution in [-0.2, 0) is 11.3 Å². The molecule has 3 heteroatoms. The van der Waals surface area contributed by atoms with Gasteiger partial charge in [-0.05, 0) is 31.2 Å². The number of phenolic OH excluding ortho intramolecular Hbond substituents is 1. The van der Waals surface area contributed by atoms with E-state index >= 15 is 0 Å². The molecule has 1 saturated heterocycles. The Labute approximate surface area is 102 Å². The lowest BCUT2D eigenvalue weighted by atomic mass is 10.1. The van der Waals surface area contributed by atoms with Gasteiger partial charge in [0, 0.05) is 24.8 Å². The summed E-state index contributed by atoms with van der Waals surface area (Å²) in [7, 11) is 0. The fourth-order valence-corrected chi connectivity index (χ4v) is 2.62. The molecule has 0 amide bonds. The zero-order valence-corrected chi connectivity index (χ0v) is 9.93. The Kier molecular flexibility index (Phi) is 3.04. The molecule has 2 unspecified atom stereocenters. The fraction of sp³-hybridized carbons (Fsp3) is 0.571. The molecule has 3 rings (SSSR count). The minimum atomic E-state index is 0.377. The lowest BCUT2D eigenvalue weighted by Gasteiger charge is -2.19. The predicted molar refractivity (Wildman–Crippen MR) is 65.8 cm³/mol. The van der Waals surface area contributed by atoms with Crippen LogP contribution in [0, 0.1) is 5.92 Å². The molecule has 1 aromatic carbocycles. The standard InChI is InChI=1S/C14H19NO2/c16-13-4-2-1-3-11(13)9-15-12-7-8-17-14(12)10-5-6-10/h1-4,10,12,14-16H,5-9H2. The predicted octanol–water partition coefficient (Wildman–Crippen LogP) is 2.05. The summed E-state index contributed by atoms with van der Waals surface area (Å²) in [6, 6.07) is 7.97. The fourth-order valence-electron chi connectivity index (χ4n) is 2.62. The van der Waals surface area contributed by atoms with Gasteiger partial charge in [0.2, 0.25) is 0 Å². The van der Waals surface area contributed by atoms with Crippen molar-refractivity contribution in [1.29, 1.82) is 0 Å². The third kappa shape index (κ3) is 2.45. The molecule has 1 aromatic rings. The summed E-state index contributed by atoms with van der Waals surface area (Å²) in [4.78, 5) is 0. The van der Waals surface area contributed by atoms with E-state index in [1.807, 2.05) is 18.2 Å². The highest BCUT2D eigenvalue weighted by Gasteiger charge is 2.40. The molecule has 0 spiro atoms. The number of aromatic hydroxyl groups is 1. The number of ether oxygens (including phenoxy) is 1. The van der Waals surface area contributed by atoms with Crippen molar-refractivity contribution in [3.8, 4) is 5.75 Å². The van der Waals surface area contributed by atoms with E-state index in [0.717, 1.165) is 31.1 Å². The van der Waals surface area contributed by atoms with Crippen LogP contribution in [0.5, 0.6) is 5.75 Å². The van der Waals surface area contributed by atoms with Crippen LogP contribution in [0.15, 0.2) is 24.3 Å². The lowest BCUT2D eigenvalue weighted by Crippen LogP contribution is -2.37. The third-order valence-corrected chi connectivity index (χ3v) is 3.77. The average molecular weight is 233 g/mol. The van der Waals surface area contributed by atoms with Crippen molar-refractivity contribution in [3.63, 3.8) is 0 Å². The van der Waals surface area contributed by atoms with Crippen molar-refractivity contribution in [2.45, 2.75) is 38.0 Å². The molecule has 17 heavy (non-hydrogen) atoms. The zero-order valence-electron chi connectivity index (χ0n) is 9.93. The highest BCUT2D eigenvalue weighted by atomic mass is 16.5. The van der Waals surface area contributed by atoms with Crippen LogP contribution < -0.4 is 5.32 Å². The number of hydrogen-bond acceptors (Lipinski definition) is 3. The molecule has 2 atom stereocenters. The second-order valence-electron chi connectivity index (χ2n) is 5.08. The molecule has 2 fully saturated rings. The largest absolute Gasteiger partial charge is 0.508 e. The quantitative estimate of drug-likeness (QED) is 0.836. The number of phenols is 1. The number of rotatable bonds is 4. The molecule has 0 aromatic heterocycles. The van der Waals surface area contributed by atoms with E-state index in [1.165, 1.54) is 12.8 Å². The summed E-state index contributed by atoms with van der Waals surface area (Å²) in [5.74, 6) is 1.15. The first kappa shape index (κ1) is 11.1. The van der Waals surface area contributed by atoms with E-state index in [9.17, 15) is 5.11 Å². The molecule has 1 aliphatic heterocycles.